The third-order valence-electron chi connectivity index (χ3n) is 1.51. The Morgan fingerprint density at radius 2 is 0.952 bits per heavy atom. The summed E-state index contributed by atoms with van der Waals surface area (Å²) in [7, 11) is -4.67. The molecule has 130 valence electrons. The first-order chi connectivity index (χ1) is 9.27. The van der Waals surface area contributed by atoms with Crippen LogP contribution in [-0.2, 0) is 10.4 Å². The van der Waals surface area contributed by atoms with Gasteiger partial charge in [0, 0.05) is 0 Å². The quantitative estimate of drug-likeness (QED) is 0.214. The highest BCUT2D eigenvalue weighted by atomic mass is 32.3. The summed E-state index contributed by atoms with van der Waals surface area (Å²) < 4.78 is 31.6. The lowest BCUT2D eigenvalue weighted by atomic mass is 10.0. The maximum Gasteiger partial charge on any atom is 0.503 e. The molecule has 0 saturated carbocycles. The second kappa shape index (κ2) is 12.6. The van der Waals surface area contributed by atoms with E-state index < -0.39 is 54.2 Å². The van der Waals surface area contributed by atoms with E-state index in [2.05, 4.69) is 0 Å². The highest BCUT2D eigenvalue weighted by molar-refractivity contribution is 7.79. The molecule has 0 aromatic carbocycles. The summed E-state index contributed by atoms with van der Waals surface area (Å²) in [6.45, 7) is -1.45. The fourth-order valence-electron chi connectivity index (χ4n) is 0.671. The van der Waals surface area contributed by atoms with Gasteiger partial charge in [0.1, 0.15) is 24.4 Å². The Bertz CT molecular complexity index is 328. The number of hydrogen-bond acceptors (Lipinski definition) is 9. The lowest BCUT2D eigenvalue weighted by Gasteiger charge is -2.24. The normalized spacial score (nSPS) is 16.2. The number of hydrogen-bond donors (Lipinski definition) is 10. The maximum atomic E-state index is 8.96. The lowest BCUT2D eigenvalue weighted by Crippen LogP contribution is -2.46. The molecule has 4 atom stereocenters. The monoisotopic (exact) mass is 342 g/mol. The number of carbonyl (C=O) groups is 1. The molecule has 0 fully saturated rings. The van der Waals surface area contributed by atoms with Gasteiger partial charge in [-0.15, -0.1) is 0 Å². The number of aliphatic hydroxyl groups excluding tert-OH is 6. The molecule has 0 bridgehead atoms. The molecule has 10 N–H and O–H groups in total. The average molecular weight is 342 g/mol. The van der Waals surface area contributed by atoms with Crippen LogP contribution in [0.25, 0.3) is 0 Å². The van der Waals surface area contributed by atoms with Crippen molar-refractivity contribution in [3.05, 3.63) is 0 Å². The molecule has 0 aliphatic carbocycles. The van der Waals surface area contributed by atoms with Crippen LogP contribution >= 0.6 is 0 Å². The van der Waals surface area contributed by atoms with Crippen LogP contribution in [0.4, 0.5) is 4.79 Å². The molecule has 21 heavy (non-hydrogen) atoms. The van der Waals surface area contributed by atoms with E-state index in [4.69, 9.17) is 63.2 Å². The summed E-state index contributed by atoms with van der Waals surface area (Å²) >= 11 is 0. The van der Waals surface area contributed by atoms with E-state index in [1.807, 2.05) is 0 Å². The van der Waals surface area contributed by atoms with Crippen LogP contribution in [0.2, 0.25) is 0 Å². The molecule has 0 aliphatic rings. The SMILES string of the molecule is O=C(O)O.O=S(=O)(O)O.OC[C@@H](O)[C@@H](O)[C@H](O)[C@H](O)CO. The van der Waals surface area contributed by atoms with Gasteiger partial charge in [-0.2, -0.15) is 8.42 Å². The van der Waals surface area contributed by atoms with Crippen LogP contribution < -0.4 is 0 Å². The predicted octanol–water partition coefficient (Wildman–Crippen LogP) is -4.02. The van der Waals surface area contributed by atoms with Crippen molar-refractivity contribution >= 4 is 16.6 Å². The molecule has 13 nitrogen and oxygen atoms in total. The first-order valence-corrected chi connectivity index (χ1v) is 6.23. The topological polar surface area (TPSA) is 254 Å². The molecule has 0 aromatic heterocycles. The molecule has 0 radical (unpaired) electrons. The Morgan fingerprint density at radius 3 is 1.05 bits per heavy atom. The molecule has 0 saturated heterocycles. The number of rotatable bonds is 5. The van der Waals surface area contributed by atoms with Gasteiger partial charge in [0.2, 0.25) is 0 Å². The van der Waals surface area contributed by atoms with E-state index in [0.29, 0.717) is 0 Å². The highest BCUT2D eigenvalue weighted by Gasteiger charge is 2.29. The summed E-state index contributed by atoms with van der Waals surface area (Å²) in [5.74, 6) is 0. The molecule has 0 aromatic rings. The van der Waals surface area contributed by atoms with Crippen molar-refractivity contribution in [3.8, 4) is 0 Å². The molecule has 0 aliphatic heterocycles. The molecule has 0 spiro atoms. The van der Waals surface area contributed by atoms with Crippen LogP contribution in [0.1, 0.15) is 0 Å². The van der Waals surface area contributed by atoms with Gasteiger partial charge in [-0.25, -0.2) is 4.79 Å². The highest BCUT2D eigenvalue weighted by Crippen LogP contribution is 2.03. The first-order valence-electron chi connectivity index (χ1n) is 4.83. The van der Waals surface area contributed by atoms with Crippen LogP contribution in [0.5, 0.6) is 0 Å². The fourth-order valence-corrected chi connectivity index (χ4v) is 0.671. The minimum atomic E-state index is -4.67. The maximum absolute atomic E-state index is 8.96. The van der Waals surface area contributed by atoms with Gasteiger partial charge >= 0.3 is 16.6 Å². The Kier molecular flexibility index (Phi) is 15.0. The summed E-state index contributed by atoms with van der Waals surface area (Å²) in [5, 5.41) is 66.1. The van der Waals surface area contributed by atoms with Crippen molar-refractivity contribution in [2.45, 2.75) is 24.4 Å². The van der Waals surface area contributed by atoms with Crippen LogP contribution in [0.15, 0.2) is 0 Å². The van der Waals surface area contributed by atoms with Gasteiger partial charge in [0.25, 0.3) is 0 Å². The van der Waals surface area contributed by atoms with Crippen molar-refractivity contribution in [1.29, 1.82) is 0 Å². The first kappa shape index (κ1) is 24.9. The Balaban J connectivity index is -0.000000297. The van der Waals surface area contributed by atoms with Crippen molar-refractivity contribution in [2.24, 2.45) is 0 Å². The minimum Gasteiger partial charge on any atom is -0.450 e. The second-order valence-electron chi connectivity index (χ2n) is 3.21. The Morgan fingerprint density at radius 1 is 0.810 bits per heavy atom. The third-order valence-corrected chi connectivity index (χ3v) is 1.51. The van der Waals surface area contributed by atoms with Crippen molar-refractivity contribution in [3.63, 3.8) is 0 Å². The van der Waals surface area contributed by atoms with Crippen LogP contribution in [0, 0.1) is 0 Å². The molecule has 0 heterocycles. The molecule has 0 rings (SSSR count). The largest absolute Gasteiger partial charge is 0.503 e. The summed E-state index contributed by atoms with van der Waals surface area (Å²) in [5.41, 5.74) is 0. The van der Waals surface area contributed by atoms with E-state index in [9.17, 15) is 0 Å². The van der Waals surface area contributed by atoms with Gasteiger partial charge in [-0.1, -0.05) is 0 Å². The van der Waals surface area contributed by atoms with Gasteiger partial charge in [0.05, 0.1) is 13.2 Å². The zero-order chi connectivity index (χ0) is 17.8. The molecular formula is C7H18O13S. The third kappa shape index (κ3) is 24.3. The van der Waals surface area contributed by atoms with Gasteiger partial charge in [-0.05, 0) is 0 Å². The fraction of sp³-hybridized carbons (Fsp3) is 0.857. The van der Waals surface area contributed by atoms with Crippen molar-refractivity contribution in [2.75, 3.05) is 13.2 Å². The smallest absolute Gasteiger partial charge is 0.450 e. The van der Waals surface area contributed by atoms with E-state index in [-0.39, 0.29) is 0 Å². The lowest BCUT2D eigenvalue weighted by molar-refractivity contribution is -0.123. The van der Waals surface area contributed by atoms with Gasteiger partial charge < -0.3 is 40.9 Å². The van der Waals surface area contributed by atoms with Gasteiger partial charge in [0.15, 0.2) is 0 Å². The average Bonchev–Trinajstić information content (AvgIpc) is 2.32. The predicted molar refractivity (Wildman–Crippen MR) is 63.0 cm³/mol. The zero-order valence-electron chi connectivity index (χ0n) is 10.3. The summed E-state index contributed by atoms with van der Waals surface area (Å²) in [6, 6.07) is 0. The molecule has 0 unspecified atom stereocenters. The van der Waals surface area contributed by atoms with E-state index in [0.717, 1.165) is 0 Å². The molecule has 14 heteroatoms. The second-order valence-corrected chi connectivity index (χ2v) is 4.11. The van der Waals surface area contributed by atoms with Crippen molar-refractivity contribution < 1.29 is 63.2 Å². The summed E-state index contributed by atoms with van der Waals surface area (Å²) in [4.78, 5) is 8.56. The van der Waals surface area contributed by atoms with E-state index in [1.54, 1.807) is 0 Å². The van der Waals surface area contributed by atoms with Crippen LogP contribution in [-0.4, -0.2) is 102 Å². The van der Waals surface area contributed by atoms with E-state index >= 15 is 0 Å². The standard InChI is InChI=1S/C6H14O6.CH2O3.H2O4S/c7-1-3(9)5(11)6(12)4(10)2-8;2-1(3)4;1-5(2,3)4/h3-12H,1-2H2;(H2,2,3,4);(H2,1,2,3,4)/t3-,4-,5-,6-;;/m1../s1. The van der Waals surface area contributed by atoms with E-state index in [1.165, 1.54) is 0 Å². The van der Waals surface area contributed by atoms with Crippen LogP contribution in [0.3, 0.4) is 0 Å². The number of aliphatic hydroxyl groups is 6. The Labute approximate surface area is 118 Å². The van der Waals surface area contributed by atoms with Gasteiger partial charge in [-0.3, -0.25) is 9.11 Å². The Hall–Kier alpha value is -1.10. The molecule has 0 amide bonds. The zero-order valence-corrected chi connectivity index (χ0v) is 11.1. The number of carboxylic acid groups (broad SMARTS) is 2. The van der Waals surface area contributed by atoms with Crippen molar-refractivity contribution in [1.82, 2.24) is 0 Å². The summed E-state index contributed by atoms with van der Waals surface area (Å²) in [6.07, 6.45) is -8.23. The molecular weight excluding hydrogens is 324 g/mol. The minimum absolute atomic E-state index is 0.726.